The Hall–Kier alpha value is -0.0000000000000000833. The van der Waals surface area contributed by atoms with Crippen molar-refractivity contribution in [3.05, 3.63) is 17.5 Å². The second-order valence-electron chi connectivity index (χ2n) is 1.39. The third kappa shape index (κ3) is 1.70. The van der Waals surface area contributed by atoms with E-state index in [-0.39, 0.29) is 4.21 Å². The van der Waals surface area contributed by atoms with Crippen LogP contribution in [0.5, 0.6) is 0 Å². The standard InChI is InChI=1S/C4H3O2S3/c5-9(6,7)4-2-1-3-8-4/h1-3H. The highest BCUT2D eigenvalue weighted by Gasteiger charge is 2.08. The summed E-state index contributed by atoms with van der Waals surface area (Å²) >= 11 is 5.33. The number of thiophene rings is 1. The second kappa shape index (κ2) is 2.32. The summed E-state index contributed by atoms with van der Waals surface area (Å²) in [5, 5.41) is 1.68. The van der Waals surface area contributed by atoms with Gasteiger partial charge in [-0.1, -0.05) is 6.07 Å². The summed E-state index contributed by atoms with van der Waals surface area (Å²) in [5.74, 6) is 0. The summed E-state index contributed by atoms with van der Waals surface area (Å²) in [5.41, 5.74) is 0. The summed E-state index contributed by atoms with van der Waals surface area (Å²) in [7, 11) is -3.36. The number of hydrogen-bond donors (Lipinski definition) is 0. The molecule has 0 saturated carbocycles. The first-order valence-corrected chi connectivity index (χ1v) is 5.39. The van der Waals surface area contributed by atoms with Crippen LogP contribution >= 0.6 is 23.0 Å². The quantitative estimate of drug-likeness (QED) is 0.614. The van der Waals surface area contributed by atoms with E-state index in [2.05, 4.69) is 11.7 Å². The van der Waals surface area contributed by atoms with Crippen LogP contribution < -0.4 is 0 Å². The van der Waals surface area contributed by atoms with Gasteiger partial charge in [-0.05, 0) is 11.4 Å². The number of rotatable bonds is 1. The first-order chi connectivity index (χ1) is 4.11. The zero-order chi connectivity index (χ0) is 6.91. The predicted molar refractivity (Wildman–Crippen MR) is 39.1 cm³/mol. The van der Waals surface area contributed by atoms with Gasteiger partial charge in [-0.25, -0.2) is 8.42 Å². The molecule has 5 heteroatoms. The molecule has 0 spiro atoms. The molecule has 1 radical (unpaired) electrons. The minimum atomic E-state index is -3.36. The fraction of sp³-hybridized carbons (Fsp3) is 0. The van der Waals surface area contributed by atoms with Gasteiger partial charge in [0.25, 0.3) is 0 Å². The molecule has 0 unspecified atom stereocenters. The molecule has 0 aromatic carbocycles. The minimum Gasteiger partial charge on any atom is -0.210 e. The molecule has 0 atom stereocenters. The van der Waals surface area contributed by atoms with E-state index in [1.165, 1.54) is 6.07 Å². The maximum absolute atomic E-state index is 10.5. The van der Waals surface area contributed by atoms with Crippen molar-refractivity contribution in [1.29, 1.82) is 0 Å². The molecule has 0 bridgehead atoms. The van der Waals surface area contributed by atoms with Gasteiger partial charge in [0, 0.05) is 0 Å². The molecule has 1 rings (SSSR count). The Labute approximate surface area is 62.3 Å². The summed E-state index contributed by atoms with van der Waals surface area (Å²) in [6.07, 6.45) is 0. The van der Waals surface area contributed by atoms with Crippen molar-refractivity contribution < 1.29 is 8.42 Å². The molecule has 0 aliphatic heterocycles. The minimum absolute atomic E-state index is 0.248. The number of hydrogen-bond acceptors (Lipinski definition) is 3. The first-order valence-electron chi connectivity index (χ1n) is 2.10. The fourth-order valence-corrected chi connectivity index (χ4v) is 2.26. The van der Waals surface area contributed by atoms with Crippen molar-refractivity contribution in [2.75, 3.05) is 0 Å². The first kappa shape index (κ1) is 7.11. The van der Waals surface area contributed by atoms with E-state index < -0.39 is 8.87 Å². The average Bonchev–Trinajstić information content (AvgIpc) is 2.08. The van der Waals surface area contributed by atoms with E-state index in [0.29, 0.717) is 0 Å². The van der Waals surface area contributed by atoms with Crippen LogP contribution in [0.3, 0.4) is 0 Å². The fourth-order valence-electron chi connectivity index (χ4n) is 0.406. The molecule has 1 aromatic rings. The van der Waals surface area contributed by atoms with E-state index in [4.69, 9.17) is 0 Å². The van der Waals surface area contributed by atoms with Crippen molar-refractivity contribution >= 4 is 31.9 Å². The summed E-state index contributed by atoms with van der Waals surface area (Å²) < 4.78 is 21.3. The van der Waals surface area contributed by atoms with Crippen LogP contribution in [-0.2, 0) is 8.87 Å². The molecule has 0 amide bonds. The Morgan fingerprint density at radius 1 is 1.56 bits per heavy atom. The Morgan fingerprint density at radius 2 is 2.22 bits per heavy atom. The van der Waals surface area contributed by atoms with Crippen LogP contribution in [0.2, 0.25) is 0 Å². The van der Waals surface area contributed by atoms with Crippen molar-refractivity contribution in [3.8, 4) is 0 Å². The second-order valence-corrected chi connectivity index (χ2v) is 5.26. The highest BCUT2D eigenvalue weighted by atomic mass is 33.1. The van der Waals surface area contributed by atoms with Gasteiger partial charge in [0.15, 0.2) is 0 Å². The molecular weight excluding hydrogens is 176 g/mol. The van der Waals surface area contributed by atoms with Gasteiger partial charge < -0.3 is 0 Å². The average molecular weight is 179 g/mol. The van der Waals surface area contributed by atoms with Gasteiger partial charge in [0.2, 0.25) is 8.87 Å². The van der Waals surface area contributed by atoms with E-state index in [9.17, 15) is 8.42 Å². The van der Waals surface area contributed by atoms with E-state index in [0.717, 1.165) is 11.3 Å². The lowest BCUT2D eigenvalue weighted by molar-refractivity contribution is 0.612. The molecule has 49 valence electrons. The van der Waals surface area contributed by atoms with Crippen LogP contribution in [-0.4, -0.2) is 8.42 Å². The molecule has 0 N–H and O–H groups in total. The molecule has 2 nitrogen and oxygen atoms in total. The topological polar surface area (TPSA) is 34.1 Å². The monoisotopic (exact) mass is 179 g/mol. The zero-order valence-corrected chi connectivity index (χ0v) is 6.72. The lowest BCUT2D eigenvalue weighted by Crippen LogP contribution is -1.83. The molecule has 0 saturated heterocycles. The molecular formula is C4H3O2S3. The molecule has 1 aromatic heterocycles. The Kier molecular flexibility index (Phi) is 1.83. The zero-order valence-electron chi connectivity index (χ0n) is 4.27. The Morgan fingerprint density at radius 3 is 2.44 bits per heavy atom. The van der Waals surface area contributed by atoms with Crippen molar-refractivity contribution in [2.24, 2.45) is 0 Å². The highest BCUT2D eigenvalue weighted by Crippen LogP contribution is 2.19. The molecule has 1 heterocycles. The third-order valence-corrected chi connectivity index (χ3v) is 3.83. The van der Waals surface area contributed by atoms with Crippen LogP contribution in [0.15, 0.2) is 21.7 Å². The summed E-state index contributed by atoms with van der Waals surface area (Å²) in [6, 6.07) is 3.15. The van der Waals surface area contributed by atoms with Crippen molar-refractivity contribution in [1.82, 2.24) is 0 Å². The van der Waals surface area contributed by atoms with Crippen molar-refractivity contribution in [2.45, 2.75) is 4.21 Å². The molecule has 0 aliphatic carbocycles. The van der Waals surface area contributed by atoms with Gasteiger partial charge in [0.1, 0.15) is 4.21 Å². The van der Waals surface area contributed by atoms with Gasteiger partial charge in [0.05, 0.1) is 11.7 Å². The maximum Gasteiger partial charge on any atom is 0.250 e. The van der Waals surface area contributed by atoms with E-state index >= 15 is 0 Å². The molecule has 9 heavy (non-hydrogen) atoms. The third-order valence-electron chi connectivity index (χ3n) is 0.741. The molecule has 0 aliphatic rings. The van der Waals surface area contributed by atoms with Crippen LogP contribution in [0.1, 0.15) is 0 Å². The maximum atomic E-state index is 10.5. The van der Waals surface area contributed by atoms with Crippen LogP contribution in [0.4, 0.5) is 0 Å². The highest BCUT2D eigenvalue weighted by molar-refractivity contribution is 8.63. The van der Waals surface area contributed by atoms with E-state index in [1.807, 2.05) is 0 Å². The van der Waals surface area contributed by atoms with Gasteiger partial charge in [-0.2, -0.15) is 0 Å². The van der Waals surface area contributed by atoms with Crippen molar-refractivity contribution in [3.63, 3.8) is 0 Å². The lowest BCUT2D eigenvalue weighted by Gasteiger charge is -1.83. The van der Waals surface area contributed by atoms with Gasteiger partial charge >= 0.3 is 0 Å². The Balaban J connectivity index is 3.20. The smallest absolute Gasteiger partial charge is 0.210 e. The van der Waals surface area contributed by atoms with E-state index in [1.54, 1.807) is 11.4 Å². The summed E-state index contributed by atoms with van der Waals surface area (Å²) in [6.45, 7) is 0. The van der Waals surface area contributed by atoms with Gasteiger partial charge in [-0.15, -0.1) is 11.3 Å². The largest absolute Gasteiger partial charge is 0.250 e. The van der Waals surface area contributed by atoms with Crippen LogP contribution in [0, 0.1) is 0 Å². The normalized spacial score (nSPS) is 11.7. The summed E-state index contributed by atoms with van der Waals surface area (Å²) in [4.78, 5) is 0. The van der Waals surface area contributed by atoms with Crippen LogP contribution in [0.25, 0.3) is 0 Å². The molecule has 0 fully saturated rings. The SMILES string of the molecule is O=S(=O)([S])c1cccs1. The lowest BCUT2D eigenvalue weighted by atomic mass is 10.7. The van der Waals surface area contributed by atoms with Gasteiger partial charge in [-0.3, -0.25) is 0 Å². The predicted octanol–water partition coefficient (Wildman–Crippen LogP) is 1.63. The Bertz CT molecular complexity index is 271.